The fourth-order valence-corrected chi connectivity index (χ4v) is 2.73. The van der Waals surface area contributed by atoms with Gasteiger partial charge in [0.2, 0.25) is 0 Å². The van der Waals surface area contributed by atoms with Gasteiger partial charge in [-0.1, -0.05) is 13.3 Å². The molecule has 118 valence electrons. The number of rotatable bonds is 5. The molecular weight excluding hydrogens is 266 g/mol. The van der Waals surface area contributed by atoms with Gasteiger partial charge in [-0.3, -0.25) is 9.48 Å². The summed E-state index contributed by atoms with van der Waals surface area (Å²) < 4.78 is 7.51. The predicted molar refractivity (Wildman–Crippen MR) is 82.5 cm³/mol. The molecule has 2 heterocycles. The Morgan fingerprint density at radius 3 is 2.86 bits per heavy atom. The molecule has 0 unspecified atom stereocenters. The summed E-state index contributed by atoms with van der Waals surface area (Å²) in [6.07, 6.45) is 5.84. The van der Waals surface area contributed by atoms with Crippen molar-refractivity contribution >= 4 is 5.91 Å². The number of hydrogen-bond acceptors (Lipinski definition) is 3. The Morgan fingerprint density at radius 2 is 2.29 bits per heavy atom. The third-order valence-corrected chi connectivity index (χ3v) is 3.75. The first-order valence-corrected chi connectivity index (χ1v) is 7.90. The van der Waals surface area contributed by atoms with Gasteiger partial charge in [-0.05, 0) is 40.0 Å². The van der Waals surface area contributed by atoms with Crippen molar-refractivity contribution in [2.75, 3.05) is 13.2 Å². The summed E-state index contributed by atoms with van der Waals surface area (Å²) in [5.74, 6) is -0.0375. The van der Waals surface area contributed by atoms with Crippen LogP contribution in [0.25, 0.3) is 0 Å². The Kier molecular flexibility index (Phi) is 5.04. The summed E-state index contributed by atoms with van der Waals surface area (Å²) in [4.78, 5) is 12.4. The Hall–Kier alpha value is -1.36. The number of carbonyl (C=O) groups excluding carboxylic acids is 1. The van der Waals surface area contributed by atoms with E-state index in [1.165, 1.54) is 0 Å². The van der Waals surface area contributed by atoms with Crippen molar-refractivity contribution in [3.05, 3.63) is 17.5 Å². The molecule has 1 aromatic heterocycles. The summed E-state index contributed by atoms with van der Waals surface area (Å²) in [5.41, 5.74) is 1.61. The van der Waals surface area contributed by atoms with Crippen LogP contribution in [0.2, 0.25) is 0 Å². The molecule has 0 spiro atoms. The maximum absolute atomic E-state index is 12.4. The number of carbonyl (C=O) groups is 1. The molecule has 5 nitrogen and oxygen atoms in total. The van der Waals surface area contributed by atoms with Gasteiger partial charge in [0.1, 0.15) is 0 Å². The van der Waals surface area contributed by atoms with Crippen molar-refractivity contribution in [3.63, 3.8) is 0 Å². The van der Waals surface area contributed by atoms with E-state index in [0.29, 0.717) is 12.1 Å². The number of nitrogens with one attached hydrogen (secondary N) is 1. The van der Waals surface area contributed by atoms with Gasteiger partial charge in [0.25, 0.3) is 5.91 Å². The van der Waals surface area contributed by atoms with E-state index in [4.69, 9.17) is 4.74 Å². The highest BCUT2D eigenvalue weighted by Gasteiger charge is 2.24. The zero-order chi connectivity index (χ0) is 15.5. The molecule has 1 atom stereocenters. The quantitative estimate of drug-likeness (QED) is 0.907. The highest BCUT2D eigenvalue weighted by Crippen LogP contribution is 2.20. The smallest absolute Gasteiger partial charge is 0.254 e. The number of ether oxygens (including phenoxy) is 1. The average Bonchev–Trinajstić information content (AvgIpc) is 3.04. The van der Waals surface area contributed by atoms with Crippen LogP contribution in [0.1, 0.15) is 63.0 Å². The summed E-state index contributed by atoms with van der Waals surface area (Å²) in [5, 5.41) is 7.42. The second-order valence-electron chi connectivity index (χ2n) is 6.68. The molecule has 0 radical (unpaired) electrons. The van der Waals surface area contributed by atoms with E-state index >= 15 is 0 Å². The molecule has 1 saturated heterocycles. The lowest BCUT2D eigenvalue weighted by molar-refractivity contribution is 0.0856. The lowest BCUT2D eigenvalue weighted by Crippen LogP contribution is -2.32. The molecule has 0 aromatic carbocycles. The molecule has 1 aromatic rings. The summed E-state index contributed by atoms with van der Waals surface area (Å²) in [6.45, 7) is 9.83. The van der Waals surface area contributed by atoms with Crippen molar-refractivity contribution in [1.29, 1.82) is 0 Å². The van der Waals surface area contributed by atoms with Gasteiger partial charge in [-0.25, -0.2) is 0 Å². The minimum absolute atomic E-state index is 0.0375. The third kappa shape index (κ3) is 3.84. The molecule has 5 heteroatoms. The second kappa shape index (κ2) is 6.60. The van der Waals surface area contributed by atoms with Crippen molar-refractivity contribution in [1.82, 2.24) is 15.1 Å². The van der Waals surface area contributed by atoms with Gasteiger partial charge in [-0.2, -0.15) is 5.10 Å². The predicted octanol–water partition coefficient (Wildman–Crippen LogP) is 2.50. The van der Waals surface area contributed by atoms with E-state index in [-0.39, 0.29) is 17.6 Å². The fraction of sp³-hybridized carbons (Fsp3) is 0.750. The van der Waals surface area contributed by atoms with Gasteiger partial charge >= 0.3 is 0 Å². The Labute approximate surface area is 127 Å². The van der Waals surface area contributed by atoms with Crippen LogP contribution in [0, 0.1) is 0 Å². The van der Waals surface area contributed by atoms with Crippen LogP contribution in [0.15, 0.2) is 6.20 Å². The molecule has 0 bridgehead atoms. The number of hydrogen-bond donors (Lipinski definition) is 1. The Bertz CT molecular complexity index is 482. The van der Waals surface area contributed by atoms with E-state index in [1.807, 2.05) is 4.68 Å². The topological polar surface area (TPSA) is 56.1 Å². The largest absolute Gasteiger partial charge is 0.376 e. The van der Waals surface area contributed by atoms with Crippen LogP contribution < -0.4 is 5.32 Å². The van der Waals surface area contributed by atoms with Crippen LogP contribution in [-0.4, -0.2) is 34.9 Å². The third-order valence-electron chi connectivity index (χ3n) is 3.75. The summed E-state index contributed by atoms with van der Waals surface area (Å²) >= 11 is 0. The lowest BCUT2D eigenvalue weighted by atomic mass is 10.1. The van der Waals surface area contributed by atoms with Crippen LogP contribution in [0.4, 0.5) is 0 Å². The monoisotopic (exact) mass is 293 g/mol. The molecule has 1 amide bonds. The molecule has 1 N–H and O–H groups in total. The van der Waals surface area contributed by atoms with Crippen LogP contribution in [-0.2, 0) is 16.7 Å². The van der Waals surface area contributed by atoms with Gasteiger partial charge in [-0.15, -0.1) is 0 Å². The van der Waals surface area contributed by atoms with E-state index in [9.17, 15) is 4.79 Å². The van der Waals surface area contributed by atoms with Gasteiger partial charge in [0, 0.05) is 13.2 Å². The molecule has 0 saturated carbocycles. The van der Waals surface area contributed by atoms with Gasteiger partial charge < -0.3 is 10.1 Å². The highest BCUT2D eigenvalue weighted by atomic mass is 16.5. The molecule has 1 aliphatic heterocycles. The second-order valence-corrected chi connectivity index (χ2v) is 6.68. The summed E-state index contributed by atoms with van der Waals surface area (Å²) in [7, 11) is 0. The molecular formula is C16H27N3O2. The molecule has 21 heavy (non-hydrogen) atoms. The Morgan fingerprint density at radius 1 is 1.52 bits per heavy atom. The number of aromatic nitrogens is 2. The number of nitrogens with zero attached hydrogens (tertiary/aromatic N) is 2. The molecule has 1 fully saturated rings. The summed E-state index contributed by atoms with van der Waals surface area (Å²) in [6, 6.07) is 0. The SMILES string of the molecule is CCCc1c(C(=O)NC[C@@H]2CCCO2)cnn1C(C)(C)C. The van der Waals surface area contributed by atoms with E-state index in [0.717, 1.165) is 38.0 Å². The van der Waals surface area contributed by atoms with E-state index < -0.39 is 0 Å². The van der Waals surface area contributed by atoms with Crippen LogP contribution in [0.3, 0.4) is 0 Å². The fourth-order valence-electron chi connectivity index (χ4n) is 2.73. The lowest BCUT2D eigenvalue weighted by Gasteiger charge is -2.23. The minimum atomic E-state index is -0.113. The van der Waals surface area contributed by atoms with Crippen molar-refractivity contribution in [3.8, 4) is 0 Å². The van der Waals surface area contributed by atoms with Crippen molar-refractivity contribution in [2.45, 2.75) is 65.0 Å². The first kappa shape index (κ1) is 16.0. The maximum Gasteiger partial charge on any atom is 0.254 e. The maximum atomic E-state index is 12.4. The van der Waals surface area contributed by atoms with E-state index in [2.05, 4.69) is 38.1 Å². The minimum Gasteiger partial charge on any atom is -0.376 e. The van der Waals surface area contributed by atoms with Crippen molar-refractivity contribution in [2.24, 2.45) is 0 Å². The van der Waals surface area contributed by atoms with Gasteiger partial charge in [0.05, 0.1) is 29.1 Å². The zero-order valence-corrected chi connectivity index (χ0v) is 13.6. The van der Waals surface area contributed by atoms with Crippen LogP contribution >= 0.6 is 0 Å². The molecule has 1 aliphatic rings. The molecule has 0 aliphatic carbocycles. The Balaban J connectivity index is 2.10. The van der Waals surface area contributed by atoms with E-state index in [1.54, 1.807) is 6.20 Å². The number of amides is 1. The zero-order valence-electron chi connectivity index (χ0n) is 13.6. The first-order valence-electron chi connectivity index (χ1n) is 7.90. The normalized spacial score (nSPS) is 19.0. The highest BCUT2D eigenvalue weighted by molar-refractivity contribution is 5.95. The average molecular weight is 293 g/mol. The molecule has 2 rings (SSSR count). The van der Waals surface area contributed by atoms with Crippen molar-refractivity contribution < 1.29 is 9.53 Å². The first-order chi connectivity index (χ1) is 9.93. The standard InChI is InChI=1S/C16H27N3O2/c1-5-7-14-13(11-18-19(14)16(2,3)4)15(20)17-10-12-8-6-9-21-12/h11-12H,5-10H2,1-4H3,(H,17,20)/t12-/m0/s1. The van der Waals surface area contributed by atoms with Gasteiger partial charge in [0.15, 0.2) is 0 Å². The van der Waals surface area contributed by atoms with Crippen LogP contribution in [0.5, 0.6) is 0 Å².